The standard InChI is InChI=1S/C30H38F2N4O4/c1-18(2)36-26-12-7-6-11-25(26)35(16-19-13-14-19)17-24(28(36)38)33-27(37)23(34-29(39)40-30(3,4)5)15-20-21(31)9-8-10-22(20)32/h6-12,18-19,23-24H,13-17H2,1-5H3,(H,33,37)(H,34,39). The van der Waals surface area contributed by atoms with E-state index in [-0.39, 0.29) is 24.1 Å². The summed E-state index contributed by atoms with van der Waals surface area (Å²) in [6, 6.07) is 8.50. The van der Waals surface area contributed by atoms with E-state index >= 15 is 0 Å². The number of alkyl carbamates (subject to hydrolysis) is 1. The van der Waals surface area contributed by atoms with Gasteiger partial charge in [-0.15, -0.1) is 0 Å². The normalized spacial score (nSPS) is 18.2. The van der Waals surface area contributed by atoms with Crippen molar-refractivity contribution in [2.75, 3.05) is 22.9 Å². The summed E-state index contributed by atoms with van der Waals surface area (Å²) in [6.45, 7) is 9.74. The van der Waals surface area contributed by atoms with Crippen molar-refractivity contribution in [3.05, 3.63) is 59.7 Å². The van der Waals surface area contributed by atoms with Gasteiger partial charge in [0.2, 0.25) is 5.91 Å². The summed E-state index contributed by atoms with van der Waals surface area (Å²) in [5.74, 6) is -2.22. The van der Waals surface area contributed by atoms with Gasteiger partial charge in [0.15, 0.2) is 0 Å². The molecule has 1 aliphatic carbocycles. The van der Waals surface area contributed by atoms with Crippen molar-refractivity contribution in [1.29, 1.82) is 0 Å². The van der Waals surface area contributed by atoms with Gasteiger partial charge in [0.25, 0.3) is 5.91 Å². The minimum atomic E-state index is -1.40. The number of hydrogen-bond donors (Lipinski definition) is 2. The van der Waals surface area contributed by atoms with Crippen LogP contribution in [0.3, 0.4) is 0 Å². The highest BCUT2D eigenvalue weighted by atomic mass is 19.1. The summed E-state index contributed by atoms with van der Waals surface area (Å²) in [6.07, 6.45) is 0.828. The van der Waals surface area contributed by atoms with Crippen LogP contribution in [0.15, 0.2) is 42.5 Å². The Labute approximate surface area is 234 Å². The van der Waals surface area contributed by atoms with Gasteiger partial charge < -0.3 is 25.2 Å². The van der Waals surface area contributed by atoms with Crippen molar-refractivity contribution in [1.82, 2.24) is 10.6 Å². The Morgan fingerprint density at radius 2 is 1.65 bits per heavy atom. The molecular formula is C30H38F2N4O4. The van der Waals surface area contributed by atoms with Crippen LogP contribution in [-0.2, 0) is 20.7 Å². The molecular weight excluding hydrogens is 518 g/mol. The van der Waals surface area contributed by atoms with Crippen LogP contribution in [0.5, 0.6) is 0 Å². The largest absolute Gasteiger partial charge is 0.444 e. The summed E-state index contributed by atoms with van der Waals surface area (Å²) in [4.78, 5) is 44.0. The van der Waals surface area contributed by atoms with E-state index in [9.17, 15) is 23.2 Å². The lowest BCUT2D eigenvalue weighted by molar-refractivity contribution is -0.128. The van der Waals surface area contributed by atoms with E-state index < -0.39 is 47.7 Å². The van der Waals surface area contributed by atoms with Crippen molar-refractivity contribution >= 4 is 29.3 Å². The average molecular weight is 557 g/mol. The first-order chi connectivity index (χ1) is 18.8. The van der Waals surface area contributed by atoms with Crippen LogP contribution in [0.1, 0.15) is 53.0 Å². The number of fused-ring (bicyclic) bond motifs is 1. The number of carbonyl (C=O) groups excluding carboxylic acids is 3. The molecule has 2 aromatic rings. The Bertz CT molecular complexity index is 1240. The fraction of sp³-hybridized carbons (Fsp3) is 0.500. The van der Waals surface area contributed by atoms with E-state index in [2.05, 4.69) is 15.5 Å². The number of anilines is 2. The maximum absolute atomic E-state index is 14.5. The molecule has 216 valence electrons. The fourth-order valence-corrected chi connectivity index (χ4v) is 4.91. The van der Waals surface area contributed by atoms with Crippen LogP contribution in [0.25, 0.3) is 0 Å². The third-order valence-corrected chi connectivity index (χ3v) is 6.91. The van der Waals surface area contributed by atoms with E-state index in [0.717, 1.165) is 42.9 Å². The quantitative estimate of drug-likeness (QED) is 0.498. The van der Waals surface area contributed by atoms with Gasteiger partial charge in [-0.2, -0.15) is 0 Å². The lowest BCUT2D eigenvalue weighted by Crippen LogP contribution is -2.58. The van der Waals surface area contributed by atoms with Gasteiger partial charge in [0.1, 0.15) is 29.3 Å². The van der Waals surface area contributed by atoms with Gasteiger partial charge in [-0.3, -0.25) is 9.59 Å². The second-order valence-electron chi connectivity index (χ2n) is 11.8. The van der Waals surface area contributed by atoms with Crippen molar-refractivity contribution in [3.8, 4) is 0 Å². The molecule has 8 nitrogen and oxygen atoms in total. The first-order valence-corrected chi connectivity index (χ1v) is 13.7. The van der Waals surface area contributed by atoms with Crippen molar-refractivity contribution in [3.63, 3.8) is 0 Å². The zero-order valence-corrected chi connectivity index (χ0v) is 23.7. The first kappa shape index (κ1) is 29.3. The molecule has 0 radical (unpaired) electrons. The Morgan fingerprint density at radius 1 is 1.02 bits per heavy atom. The number of hydrogen-bond acceptors (Lipinski definition) is 5. The van der Waals surface area contributed by atoms with E-state index in [1.54, 1.807) is 25.7 Å². The number of ether oxygens (including phenoxy) is 1. The summed E-state index contributed by atoms with van der Waals surface area (Å²) in [7, 11) is 0. The minimum Gasteiger partial charge on any atom is -0.444 e. The molecule has 1 heterocycles. The smallest absolute Gasteiger partial charge is 0.408 e. The molecule has 4 rings (SSSR count). The van der Waals surface area contributed by atoms with Crippen LogP contribution in [0.2, 0.25) is 0 Å². The van der Waals surface area contributed by atoms with E-state index in [4.69, 9.17) is 4.74 Å². The molecule has 2 aliphatic rings. The Balaban J connectivity index is 1.63. The summed E-state index contributed by atoms with van der Waals surface area (Å²) in [5.41, 5.74) is 0.456. The molecule has 1 saturated carbocycles. The van der Waals surface area contributed by atoms with Gasteiger partial charge in [-0.1, -0.05) is 18.2 Å². The number of carbonyl (C=O) groups is 3. The second kappa shape index (κ2) is 11.8. The molecule has 1 fully saturated rings. The highest BCUT2D eigenvalue weighted by Gasteiger charge is 2.39. The third-order valence-electron chi connectivity index (χ3n) is 6.91. The van der Waals surface area contributed by atoms with Crippen LogP contribution < -0.4 is 20.4 Å². The predicted molar refractivity (Wildman–Crippen MR) is 149 cm³/mol. The molecule has 10 heteroatoms. The molecule has 0 spiro atoms. The monoisotopic (exact) mass is 556 g/mol. The second-order valence-corrected chi connectivity index (χ2v) is 11.8. The topological polar surface area (TPSA) is 91.0 Å². The molecule has 2 atom stereocenters. The first-order valence-electron chi connectivity index (χ1n) is 13.7. The number of nitrogens with one attached hydrogen (secondary N) is 2. The number of para-hydroxylation sites is 2. The van der Waals surface area contributed by atoms with Gasteiger partial charge in [0, 0.05) is 31.1 Å². The lowest BCUT2D eigenvalue weighted by atomic mass is 10.0. The lowest BCUT2D eigenvalue weighted by Gasteiger charge is -2.30. The summed E-state index contributed by atoms with van der Waals surface area (Å²) in [5, 5.41) is 5.25. The van der Waals surface area contributed by atoms with E-state index in [1.807, 2.05) is 38.1 Å². The molecule has 0 saturated heterocycles. The van der Waals surface area contributed by atoms with Gasteiger partial charge in [-0.05, 0) is 77.6 Å². The number of benzene rings is 2. The molecule has 3 amide bonds. The third kappa shape index (κ3) is 7.08. The maximum atomic E-state index is 14.5. The van der Waals surface area contributed by atoms with Crippen molar-refractivity contribution < 1.29 is 27.9 Å². The number of rotatable bonds is 8. The van der Waals surface area contributed by atoms with Crippen molar-refractivity contribution in [2.45, 2.75) is 77.6 Å². The SMILES string of the molecule is CC(C)N1C(=O)C(NC(=O)C(Cc2c(F)cccc2F)NC(=O)OC(C)(C)C)CN(CC2CC2)c2ccccc21. The Kier molecular flexibility index (Phi) is 8.65. The number of nitrogens with zero attached hydrogens (tertiary/aromatic N) is 2. The minimum absolute atomic E-state index is 0.197. The highest BCUT2D eigenvalue weighted by Crippen LogP contribution is 2.38. The molecule has 2 N–H and O–H groups in total. The molecule has 0 bridgehead atoms. The van der Waals surface area contributed by atoms with E-state index in [1.165, 1.54) is 6.07 Å². The van der Waals surface area contributed by atoms with Crippen LogP contribution in [0.4, 0.5) is 25.0 Å². The molecule has 2 aromatic carbocycles. The molecule has 2 unspecified atom stereocenters. The summed E-state index contributed by atoms with van der Waals surface area (Å²) < 4.78 is 34.4. The summed E-state index contributed by atoms with van der Waals surface area (Å²) >= 11 is 0. The number of halogens is 2. The zero-order chi connectivity index (χ0) is 29.2. The maximum Gasteiger partial charge on any atom is 0.408 e. The van der Waals surface area contributed by atoms with Crippen molar-refractivity contribution in [2.24, 2.45) is 5.92 Å². The van der Waals surface area contributed by atoms with Gasteiger partial charge in [0.05, 0.1) is 11.4 Å². The number of amides is 3. The zero-order valence-electron chi connectivity index (χ0n) is 23.7. The van der Waals surface area contributed by atoms with Gasteiger partial charge in [-0.25, -0.2) is 13.6 Å². The average Bonchev–Trinajstić information content (AvgIpc) is 3.68. The van der Waals surface area contributed by atoms with Crippen LogP contribution in [0, 0.1) is 17.6 Å². The van der Waals surface area contributed by atoms with Gasteiger partial charge >= 0.3 is 6.09 Å². The Morgan fingerprint density at radius 3 is 2.23 bits per heavy atom. The highest BCUT2D eigenvalue weighted by molar-refractivity contribution is 6.04. The predicted octanol–water partition coefficient (Wildman–Crippen LogP) is 4.56. The van der Waals surface area contributed by atoms with Crippen LogP contribution in [-0.4, -0.2) is 54.7 Å². The van der Waals surface area contributed by atoms with E-state index in [0.29, 0.717) is 5.92 Å². The molecule has 1 aliphatic heterocycles. The Hall–Kier alpha value is -3.69. The molecule has 0 aromatic heterocycles. The van der Waals surface area contributed by atoms with Crippen LogP contribution >= 0.6 is 0 Å². The fourth-order valence-electron chi connectivity index (χ4n) is 4.91. The molecule has 40 heavy (non-hydrogen) atoms.